The number of aryl methyl sites for hydroxylation is 1. The molecule has 0 aliphatic carbocycles. The third kappa shape index (κ3) is 4.53. The molecule has 0 atom stereocenters. The topological polar surface area (TPSA) is 98.5 Å². The third-order valence-electron chi connectivity index (χ3n) is 3.05. The molecule has 24 heavy (non-hydrogen) atoms. The van der Waals surface area contributed by atoms with E-state index in [-0.39, 0.29) is 10.6 Å². The number of carbonyl (C=O) groups is 2. The summed E-state index contributed by atoms with van der Waals surface area (Å²) in [6.07, 6.45) is 0. The van der Waals surface area contributed by atoms with Crippen LogP contribution in [-0.4, -0.2) is 23.4 Å². The van der Waals surface area contributed by atoms with E-state index in [1.807, 2.05) is 19.1 Å². The van der Waals surface area contributed by atoms with E-state index in [0.29, 0.717) is 5.69 Å². The van der Waals surface area contributed by atoms with E-state index in [1.54, 1.807) is 12.1 Å². The van der Waals surface area contributed by atoms with Crippen LogP contribution in [0.15, 0.2) is 42.5 Å². The first-order chi connectivity index (χ1) is 11.4. The number of rotatable bonds is 5. The monoisotopic (exact) mass is 348 g/mol. The van der Waals surface area contributed by atoms with E-state index in [4.69, 9.17) is 16.3 Å². The molecule has 124 valence electrons. The van der Waals surface area contributed by atoms with Crippen LogP contribution in [0.3, 0.4) is 0 Å². The van der Waals surface area contributed by atoms with Gasteiger partial charge in [-0.15, -0.1) is 0 Å². The van der Waals surface area contributed by atoms with Crippen molar-refractivity contribution in [3.63, 3.8) is 0 Å². The molecule has 0 saturated heterocycles. The number of benzene rings is 2. The molecule has 0 aliphatic rings. The fourth-order valence-electron chi connectivity index (χ4n) is 1.87. The number of nitrogens with zero attached hydrogens (tertiary/aromatic N) is 1. The van der Waals surface area contributed by atoms with Gasteiger partial charge in [0.25, 0.3) is 11.6 Å². The minimum Gasteiger partial charge on any atom is -0.452 e. The smallest absolute Gasteiger partial charge is 0.345 e. The normalized spacial score (nSPS) is 10.1. The Morgan fingerprint density at radius 1 is 1.21 bits per heavy atom. The largest absolute Gasteiger partial charge is 0.452 e. The number of carbonyl (C=O) groups excluding carboxylic acids is 2. The minimum absolute atomic E-state index is 0.121. The number of anilines is 1. The van der Waals surface area contributed by atoms with Crippen LogP contribution in [0.5, 0.6) is 0 Å². The molecule has 2 aromatic rings. The number of nitro groups is 1. The maximum atomic E-state index is 11.9. The Kier molecular flexibility index (Phi) is 5.49. The first kappa shape index (κ1) is 17.4. The maximum Gasteiger partial charge on any atom is 0.345 e. The Balaban J connectivity index is 1.99. The van der Waals surface area contributed by atoms with E-state index in [9.17, 15) is 19.7 Å². The fraction of sp³-hybridized carbons (Fsp3) is 0.125. The molecule has 0 saturated carbocycles. The molecule has 0 radical (unpaired) electrons. The van der Waals surface area contributed by atoms with E-state index in [2.05, 4.69) is 5.32 Å². The second-order valence-electron chi connectivity index (χ2n) is 4.91. The fourth-order valence-corrected chi connectivity index (χ4v) is 2.04. The van der Waals surface area contributed by atoms with Gasteiger partial charge in [0.15, 0.2) is 6.61 Å². The van der Waals surface area contributed by atoms with Crippen molar-refractivity contribution in [2.45, 2.75) is 6.92 Å². The summed E-state index contributed by atoms with van der Waals surface area (Å²) in [5.41, 5.74) is 0.840. The summed E-state index contributed by atoms with van der Waals surface area (Å²) >= 11 is 5.67. The highest BCUT2D eigenvalue weighted by atomic mass is 35.5. The van der Waals surface area contributed by atoms with Gasteiger partial charge in [0.2, 0.25) is 0 Å². The predicted octanol–water partition coefficient (Wildman–Crippen LogP) is 3.35. The molecule has 8 heteroatoms. The van der Waals surface area contributed by atoms with Crippen molar-refractivity contribution in [1.82, 2.24) is 0 Å². The first-order valence-electron chi connectivity index (χ1n) is 6.84. The van der Waals surface area contributed by atoms with Crippen LogP contribution in [0.2, 0.25) is 5.02 Å². The van der Waals surface area contributed by atoms with E-state index < -0.39 is 29.1 Å². The molecule has 0 aliphatic heterocycles. The van der Waals surface area contributed by atoms with E-state index in [1.165, 1.54) is 12.1 Å². The van der Waals surface area contributed by atoms with Crippen molar-refractivity contribution in [3.05, 3.63) is 68.7 Å². The highest BCUT2D eigenvalue weighted by Crippen LogP contribution is 2.23. The molecule has 0 heterocycles. The summed E-state index contributed by atoms with van der Waals surface area (Å²) in [5, 5.41) is 13.6. The van der Waals surface area contributed by atoms with Gasteiger partial charge in [0.1, 0.15) is 5.56 Å². The molecule has 2 rings (SSSR count). The molecule has 0 bridgehead atoms. The number of ether oxygens (including phenoxy) is 1. The lowest BCUT2D eigenvalue weighted by molar-refractivity contribution is -0.385. The highest BCUT2D eigenvalue weighted by molar-refractivity contribution is 6.31. The van der Waals surface area contributed by atoms with Crippen molar-refractivity contribution < 1.29 is 19.2 Å². The minimum atomic E-state index is -0.975. The van der Waals surface area contributed by atoms with Gasteiger partial charge in [-0.2, -0.15) is 0 Å². The average molecular weight is 349 g/mol. The Hall–Kier alpha value is -2.93. The maximum absolute atomic E-state index is 11.9. The van der Waals surface area contributed by atoms with Gasteiger partial charge in [-0.3, -0.25) is 14.9 Å². The standard InChI is InChI=1S/C16H13ClN2O5/c1-10-2-5-12(6-3-10)18-15(20)9-24-16(21)13-7-4-11(17)8-14(13)19(22)23/h2-8H,9H2,1H3,(H,18,20). The van der Waals surface area contributed by atoms with Crippen molar-refractivity contribution >= 4 is 34.9 Å². The lowest BCUT2D eigenvalue weighted by atomic mass is 10.2. The second kappa shape index (κ2) is 7.56. The molecule has 0 spiro atoms. The molecule has 2 aromatic carbocycles. The summed E-state index contributed by atoms with van der Waals surface area (Å²) in [5.74, 6) is -1.53. The van der Waals surface area contributed by atoms with Gasteiger partial charge < -0.3 is 10.1 Å². The Bertz CT molecular complexity index is 790. The lowest BCUT2D eigenvalue weighted by Gasteiger charge is -2.07. The SMILES string of the molecule is Cc1ccc(NC(=O)COC(=O)c2ccc(Cl)cc2[N+](=O)[O-])cc1. The van der Waals surface area contributed by atoms with Crippen LogP contribution in [0.1, 0.15) is 15.9 Å². The molecular weight excluding hydrogens is 336 g/mol. The summed E-state index contributed by atoms with van der Waals surface area (Å²) in [6.45, 7) is 1.35. The number of nitro benzene ring substituents is 1. The van der Waals surface area contributed by atoms with Crippen LogP contribution in [0, 0.1) is 17.0 Å². The van der Waals surface area contributed by atoms with Gasteiger partial charge in [-0.25, -0.2) is 4.79 Å². The number of halogens is 1. The number of nitrogens with one attached hydrogen (secondary N) is 1. The van der Waals surface area contributed by atoms with Crippen molar-refractivity contribution in [1.29, 1.82) is 0 Å². The Labute approximate surface area is 142 Å². The third-order valence-corrected chi connectivity index (χ3v) is 3.28. The van der Waals surface area contributed by atoms with Gasteiger partial charge in [-0.1, -0.05) is 29.3 Å². The van der Waals surface area contributed by atoms with Gasteiger partial charge >= 0.3 is 5.97 Å². The van der Waals surface area contributed by atoms with Crippen molar-refractivity contribution in [2.75, 3.05) is 11.9 Å². The first-order valence-corrected chi connectivity index (χ1v) is 7.22. The summed E-state index contributed by atoms with van der Waals surface area (Å²) < 4.78 is 4.82. The zero-order chi connectivity index (χ0) is 17.7. The molecule has 1 N–H and O–H groups in total. The van der Waals surface area contributed by atoms with Gasteiger partial charge in [0.05, 0.1) is 4.92 Å². The average Bonchev–Trinajstić information content (AvgIpc) is 2.54. The zero-order valence-corrected chi connectivity index (χ0v) is 13.4. The molecule has 7 nitrogen and oxygen atoms in total. The Morgan fingerprint density at radius 3 is 2.50 bits per heavy atom. The lowest BCUT2D eigenvalue weighted by Crippen LogP contribution is -2.21. The quantitative estimate of drug-likeness (QED) is 0.507. The Morgan fingerprint density at radius 2 is 1.88 bits per heavy atom. The van der Waals surface area contributed by atoms with Crippen LogP contribution in [-0.2, 0) is 9.53 Å². The van der Waals surface area contributed by atoms with Crippen molar-refractivity contribution in [3.8, 4) is 0 Å². The second-order valence-corrected chi connectivity index (χ2v) is 5.35. The van der Waals surface area contributed by atoms with E-state index in [0.717, 1.165) is 11.6 Å². The van der Waals surface area contributed by atoms with Crippen LogP contribution < -0.4 is 5.32 Å². The van der Waals surface area contributed by atoms with Crippen LogP contribution in [0.4, 0.5) is 11.4 Å². The molecule has 0 fully saturated rings. The van der Waals surface area contributed by atoms with Crippen LogP contribution in [0.25, 0.3) is 0 Å². The number of hydrogen-bond acceptors (Lipinski definition) is 5. The highest BCUT2D eigenvalue weighted by Gasteiger charge is 2.22. The van der Waals surface area contributed by atoms with Crippen LogP contribution >= 0.6 is 11.6 Å². The van der Waals surface area contributed by atoms with E-state index >= 15 is 0 Å². The molecule has 0 aromatic heterocycles. The summed E-state index contributed by atoms with van der Waals surface area (Å²) in [6, 6.07) is 10.6. The molecular formula is C16H13ClN2O5. The predicted molar refractivity (Wildman–Crippen MR) is 88.2 cm³/mol. The number of amides is 1. The molecule has 0 unspecified atom stereocenters. The number of hydrogen-bond donors (Lipinski definition) is 1. The summed E-state index contributed by atoms with van der Waals surface area (Å²) in [7, 11) is 0. The molecule has 1 amide bonds. The van der Waals surface area contributed by atoms with Gasteiger partial charge in [0, 0.05) is 16.8 Å². The zero-order valence-electron chi connectivity index (χ0n) is 12.6. The summed E-state index contributed by atoms with van der Waals surface area (Å²) in [4.78, 5) is 33.9. The van der Waals surface area contributed by atoms with Crippen molar-refractivity contribution in [2.24, 2.45) is 0 Å². The van der Waals surface area contributed by atoms with Gasteiger partial charge in [-0.05, 0) is 31.2 Å². The number of esters is 1.